The minimum absolute atomic E-state index is 0.191. The molecule has 4 nitrogen and oxygen atoms in total. The monoisotopic (exact) mass is 349 g/mol. The van der Waals surface area contributed by atoms with Crippen LogP contribution in [-0.4, -0.2) is 23.7 Å². The van der Waals surface area contributed by atoms with E-state index in [-0.39, 0.29) is 5.69 Å². The first-order valence-corrected chi connectivity index (χ1v) is 8.18. The van der Waals surface area contributed by atoms with Crippen LogP contribution in [0.1, 0.15) is 0 Å². The molecule has 1 N–H and O–H groups in total. The first-order chi connectivity index (χ1) is 10.3. The van der Waals surface area contributed by atoms with E-state index in [1.807, 2.05) is 0 Å². The number of benzene rings is 1. The van der Waals surface area contributed by atoms with E-state index in [2.05, 4.69) is 4.72 Å². The Morgan fingerprint density at radius 2 is 1.77 bits per heavy atom. The van der Waals surface area contributed by atoms with Gasteiger partial charge in [0.05, 0.1) is 16.1 Å². The van der Waals surface area contributed by atoms with Crippen molar-refractivity contribution in [1.29, 1.82) is 0 Å². The number of hydrogen-bond donors (Lipinski definition) is 1. The van der Waals surface area contributed by atoms with Crippen molar-refractivity contribution in [2.75, 3.05) is 4.72 Å². The summed E-state index contributed by atoms with van der Waals surface area (Å²) >= 11 is -0.466. The molecule has 0 radical (unpaired) electrons. The van der Waals surface area contributed by atoms with Gasteiger partial charge in [0.1, 0.15) is 10.8 Å². The Morgan fingerprint density at radius 1 is 1.14 bits per heavy atom. The van der Waals surface area contributed by atoms with Gasteiger partial charge >= 0.3 is 6.18 Å². The minimum atomic E-state index is -4.73. The molecule has 0 saturated carbocycles. The zero-order valence-electron chi connectivity index (χ0n) is 10.9. The lowest BCUT2D eigenvalue weighted by Crippen LogP contribution is -2.35. The summed E-state index contributed by atoms with van der Waals surface area (Å²) in [7, 11) is -4.29. The highest BCUT2D eigenvalue weighted by atomic mass is 32.2. The van der Waals surface area contributed by atoms with E-state index < -0.39 is 43.1 Å². The highest BCUT2D eigenvalue weighted by Gasteiger charge is 2.45. The Kier molecular flexibility index (Phi) is 4.57. The molecule has 2 rings (SSSR count). The van der Waals surface area contributed by atoms with E-state index in [4.69, 9.17) is 0 Å². The molecule has 9 heteroatoms. The number of para-hydroxylation sites is 1. The van der Waals surface area contributed by atoms with Crippen molar-refractivity contribution in [3.05, 3.63) is 53.5 Å². The summed E-state index contributed by atoms with van der Waals surface area (Å²) in [4.78, 5) is -1.46. The van der Waals surface area contributed by atoms with Gasteiger partial charge in [-0.25, -0.2) is 12.6 Å². The van der Waals surface area contributed by atoms with Crippen molar-refractivity contribution in [3.63, 3.8) is 0 Å². The zero-order valence-corrected chi connectivity index (χ0v) is 12.5. The molecular formula is C13H10F3NO3S2. The predicted molar refractivity (Wildman–Crippen MR) is 78.9 cm³/mol. The van der Waals surface area contributed by atoms with Crippen LogP contribution in [0.5, 0.6) is 0 Å². The van der Waals surface area contributed by atoms with Gasteiger partial charge in [0.15, 0.2) is 0 Å². The summed E-state index contributed by atoms with van der Waals surface area (Å²) in [5, 5.41) is 0. The maximum Gasteiger partial charge on any atom is 0.400 e. The van der Waals surface area contributed by atoms with Crippen LogP contribution in [0.2, 0.25) is 0 Å². The summed E-state index contributed by atoms with van der Waals surface area (Å²) in [6, 6.07) is 7.69. The van der Waals surface area contributed by atoms with Gasteiger partial charge in [-0.2, -0.15) is 13.2 Å². The lowest BCUT2D eigenvalue weighted by Gasteiger charge is -2.22. The van der Waals surface area contributed by atoms with E-state index in [0.29, 0.717) is 0 Å². The Morgan fingerprint density at radius 3 is 2.32 bits per heavy atom. The maximum absolute atomic E-state index is 12.9. The number of sulfonamides is 1. The summed E-state index contributed by atoms with van der Waals surface area (Å²) < 4.78 is 76.4. The van der Waals surface area contributed by atoms with Gasteiger partial charge in [0.25, 0.3) is 10.0 Å². The van der Waals surface area contributed by atoms with Crippen molar-refractivity contribution in [2.24, 2.45) is 5.92 Å². The fourth-order valence-corrected chi connectivity index (χ4v) is 3.97. The molecule has 0 amide bonds. The topological polar surface area (TPSA) is 63.2 Å². The van der Waals surface area contributed by atoms with E-state index in [1.165, 1.54) is 12.1 Å². The zero-order chi connectivity index (χ0) is 16.4. The molecular weight excluding hydrogens is 339 g/mol. The number of anilines is 1. The summed E-state index contributed by atoms with van der Waals surface area (Å²) in [6.45, 7) is 0. The van der Waals surface area contributed by atoms with Gasteiger partial charge in [-0.15, -0.1) is 0 Å². The second kappa shape index (κ2) is 6.09. The van der Waals surface area contributed by atoms with Crippen molar-refractivity contribution in [1.82, 2.24) is 0 Å². The normalized spacial score (nSPS) is 18.8. The number of rotatable bonds is 3. The Labute approximate surface area is 128 Å². The van der Waals surface area contributed by atoms with Crippen molar-refractivity contribution in [3.8, 4) is 0 Å². The number of alkyl halides is 3. The summed E-state index contributed by atoms with van der Waals surface area (Å²) in [5.41, 5.74) is 0.191. The molecule has 1 aliphatic rings. The van der Waals surface area contributed by atoms with E-state index >= 15 is 0 Å². The molecule has 1 unspecified atom stereocenters. The van der Waals surface area contributed by atoms with Crippen LogP contribution >= 0.6 is 0 Å². The molecule has 1 aromatic rings. The molecule has 1 aliphatic carbocycles. The van der Waals surface area contributed by atoms with E-state index in [0.717, 1.165) is 18.2 Å². The molecule has 0 spiro atoms. The van der Waals surface area contributed by atoms with Gasteiger partial charge in [0, 0.05) is 5.69 Å². The third-order valence-corrected chi connectivity index (χ3v) is 5.06. The molecule has 0 bridgehead atoms. The number of hydrogen-bond acceptors (Lipinski definition) is 3. The molecule has 118 valence electrons. The van der Waals surface area contributed by atoms with Gasteiger partial charge in [0.2, 0.25) is 0 Å². The van der Waals surface area contributed by atoms with Crippen LogP contribution in [0.25, 0.3) is 0 Å². The first-order valence-electron chi connectivity index (χ1n) is 5.96. The van der Waals surface area contributed by atoms with Crippen molar-refractivity contribution >= 4 is 31.8 Å². The molecule has 0 aliphatic heterocycles. The van der Waals surface area contributed by atoms with Gasteiger partial charge < -0.3 is 0 Å². The summed E-state index contributed by atoms with van der Waals surface area (Å²) in [6.07, 6.45) is -2.02. The molecule has 0 saturated heterocycles. The highest BCUT2D eigenvalue weighted by Crippen LogP contribution is 2.34. The van der Waals surface area contributed by atoms with Crippen LogP contribution < -0.4 is 4.72 Å². The Balaban J connectivity index is 2.41. The molecule has 0 aromatic heterocycles. The van der Waals surface area contributed by atoms with E-state index in [1.54, 1.807) is 18.2 Å². The average molecular weight is 349 g/mol. The molecule has 1 aromatic carbocycles. The lowest BCUT2D eigenvalue weighted by molar-refractivity contribution is -0.143. The molecule has 22 heavy (non-hydrogen) atoms. The number of nitrogens with one attached hydrogen (secondary N) is 1. The van der Waals surface area contributed by atoms with Crippen LogP contribution in [0, 0.1) is 5.92 Å². The third-order valence-electron chi connectivity index (χ3n) is 2.83. The number of halogens is 3. The van der Waals surface area contributed by atoms with Crippen molar-refractivity contribution < 1.29 is 25.8 Å². The van der Waals surface area contributed by atoms with E-state index in [9.17, 15) is 25.8 Å². The standard InChI is InChI=1S/C13H10F3NO3S2/c14-13(15,16)10-7-4-8-11(12(10)21-18)22(19,20)17-9-5-2-1-3-6-9/h1-8,10,17H. The molecule has 0 heterocycles. The lowest BCUT2D eigenvalue weighted by atomic mass is 10.00. The predicted octanol–water partition coefficient (Wildman–Crippen LogP) is 2.45. The number of allylic oxidation sites excluding steroid dienone is 4. The van der Waals surface area contributed by atoms with Gasteiger partial charge in [-0.1, -0.05) is 30.4 Å². The largest absolute Gasteiger partial charge is 0.400 e. The molecule has 0 fully saturated rings. The maximum atomic E-state index is 12.9. The Hall–Kier alpha value is -1.87. The fraction of sp³-hybridized carbons (Fsp3) is 0.154. The van der Waals surface area contributed by atoms with Crippen LogP contribution in [-0.2, 0) is 21.3 Å². The van der Waals surface area contributed by atoms with Crippen LogP contribution in [0.15, 0.2) is 53.5 Å². The minimum Gasteiger partial charge on any atom is -0.280 e. The van der Waals surface area contributed by atoms with Gasteiger partial charge in [-0.05, 0) is 18.2 Å². The van der Waals surface area contributed by atoms with Crippen LogP contribution in [0.4, 0.5) is 18.9 Å². The SMILES string of the molecule is O=S=C1C(S(=O)(=O)Nc2ccccc2)=CC=CC1C(F)(F)F. The van der Waals surface area contributed by atoms with Gasteiger partial charge in [-0.3, -0.25) is 4.72 Å². The average Bonchev–Trinajstić information content (AvgIpc) is 2.46. The highest BCUT2D eigenvalue weighted by molar-refractivity contribution is 7.98. The first kappa shape index (κ1) is 16.5. The van der Waals surface area contributed by atoms with Crippen LogP contribution in [0.3, 0.4) is 0 Å². The van der Waals surface area contributed by atoms with Crippen molar-refractivity contribution in [2.45, 2.75) is 6.18 Å². The second-order valence-corrected chi connectivity index (χ2v) is 6.61. The quantitative estimate of drug-likeness (QED) is 0.853. The Bertz CT molecular complexity index is 776. The smallest absolute Gasteiger partial charge is 0.280 e. The molecule has 1 atom stereocenters. The fourth-order valence-electron chi connectivity index (χ4n) is 1.87. The third kappa shape index (κ3) is 3.47. The second-order valence-electron chi connectivity index (χ2n) is 4.35. The summed E-state index contributed by atoms with van der Waals surface area (Å²) in [5.74, 6) is -2.22.